The van der Waals surface area contributed by atoms with Gasteiger partial charge in [-0.3, -0.25) is 4.79 Å². The average molecular weight is 284 g/mol. The highest BCUT2D eigenvalue weighted by Gasteiger charge is 2.22. The van der Waals surface area contributed by atoms with Crippen molar-refractivity contribution < 1.29 is 9.53 Å². The molecule has 4 heteroatoms. The Labute approximate surface area is 120 Å². The van der Waals surface area contributed by atoms with Crippen LogP contribution in [0.5, 0.6) is 0 Å². The lowest BCUT2D eigenvalue weighted by molar-refractivity contribution is -0.142. The molecule has 0 spiro atoms. The van der Waals surface area contributed by atoms with Crippen LogP contribution in [-0.2, 0) is 16.1 Å². The van der Waals surface area contributed by atoms with Gasteiger partial charge in [0.15, 0.2) is 0 Å². The second-order valence-electron chi connectivity index (χ2n) is 4.52. The van der Waals surface area contributed by atoms with E-state index < -0.39 is 0 Å². The molecule has 0 unspecified atom stereocenters. The predicted molar refractivity (Wildman–Crippen MR) is 78.2 cm³/mol. The summed E-state index contributed by atoms with van der Waals surface area (Å²) in [5, 5.41) is 0.695. The van der Waals surface area contributed by atoms with E-state index in [1.165, 1.54) is 0 Å². The molecule has 0 bridgehead atoms. The topological polar surface area (TPSA) is 29.5 Å². The number of rotatable bonds is 7. The van der Waals surface area contributed by atoms with Gasteiger partial charge in [0.1, 0.15) is 6.10 Å². The lowest BCUT2D eigenvalue weighted by Crippen LogP contribution is -2.39. The molecule has 106 valence electrons. The zero-order valence-corrected chi connectivity index (χ0v) is 12.6. The molecule has 0 aliphatic carbocycles. The fourth-order valence-electron chi connectivity index (χ4n) is 2.04. The van der Waals surface area contributed by atoms with Crippen molar-refractivity contribution in [3.05, 3.63) is 34.9 Å². The summed E-state index contributed by atoms with van der Waals surface area (Å²) in [6, 6.07) is 7.61. The minimum absolute atomic E-state index is 0.0480. The molecule has 0 saturated carbocycles. The van der Waals surface area contributed by atoms with Gasteiger partial charge < -0.3 is 9.64 Å². The monoisotopic (exact) mass is 283 g/mol. The molecule has 1 amide bonds. The normalized spacial score (nSPS) is 12.2. The standard InChI is InChI=1S/C15H22ClNO2/c1-4-9-17(15(18)14(5-2)19-3)11-12-7-6-8-13(16)10-12/h6-8,10,14H,4-5,9,11H2,1-3H3/t14-/m0/s1. The number of nitrogens with zero attached hydrogens (tertiary/aromatic N) is 1. The predicted octanol–water partition coefficient (Wildman–Crippen LogP) is 3.50. The number of methoxy groups -OCH3 is 1. The summed E-state index contributed by atoms with van der Waals surface area (Å²) in [4.78, 5) is 14.2. The van der Waals surface area contributed by atoms with E-state index in [0.717, 1.165) is 18.5 Å². The van der Waals surface area contributed by atoms with E-state index in [1.807, 2.05) is 36.1 Å². The molecule has 0 aliphatic rings. The van der Waals surface area contributed by atoms with Crippen molar-refractivity contribution in [3.63, 3.8) is 0 Å². The lowest BCUT2D eigenvalue weighted by atomic mass is 10.1. The number of carbonyl (C=O) groups is 1. The van der Waals surface area contributed by atoms with E-state index >= 15 is 0 Å². The summed E-state index contributed by atoms with van der Waals surface area (Å²) < 4.78 is 5.23. The number of amides is 1. The first-order chi connectivity index (χ1) is 9.12. The van der Waals surface area contributed by atoms with E-state index in [4.69, 9.17) is 16.3 Å². The zero-order chi connectivity index (χ0) is 14.3. The van der Waals surface area contributed by atoms with Crippen LogP contribution < -0.4 is 0 Å². The van der Waals surface area contributed by atoms with E-state index in [1.54, 1.807) is 7.11 Å². The second kappa shape index (κ2) is 8.18. The molecule has 0 fully saturated rings. The number of hydrogen-bond acceptors (Lipinski definition) is 2. The molecule has 0 radical (unpaired) electrons. The Kier molecular flexibility index (Phi) is 6.89. The van der Waals surface area contributed by atoms with E-state index in [9.17, 15) is 4.79 Å². The van der Waals surface area contributed by atoms with Crippen LogP contribution in [0, 0.1) is 0 Å². The van der Waals surface area contributed by atoms with Crippen molar-refractivity contribution in [1.82, 2.24) is 4.90 Å². The van der Waals surface area contributed by atoms with E-state index in [2.05, 4.69) is 6.92 Å². The SMILES string of the molecule is CCCN(Cc1cccc(Cl)c1)C(=O)[C@H](CC)OC. The molecule has 0 saturated heterocycles. The highest BCUT2D eigenvalue weighted by atomic mass is 35.5. The zero-order valence-electron chi connectivity index (χ0n) is 11.9. The average Bonchev–Trinajstić information content (AvgIpc) is 2.39. The molecule has 0 N–H and O–H groups in total. The Bertz CT molecular complexity index is 405. The lowest BCUT2D eigenvalue weighted by Gasteiger charge is -2.26. The molecule has 0 aliphatic heterocycles. The number of halogens is 1. The molecule has 1 atom stereocenters. The van der Waals surface area contributed by atoms with Gasteiger partial charge in [-0.05, 0) is 30.5 Å². The second-order valence-corrected chi connectivity index (χ2v) is 4.96. The fraction of sp³-hybridized carbons (Fsp3) is 0.533. The van der Waals surface area contributed by atoms with Crippen molar-refractivity contribution in [2.45, 2.75) is 39.3 Å². The minimum Gasteiger partial charge on any atom is -0.372 e. The number of ether oxygens (including phenoxy) is 1. The largest absolute Gasteiger partial charge is 0.372 e. The molecule has 1 aromatic carbocycles. The summed E-state index contributed by atoms with van der Waals surface area (Å²) in [6.07, 6.45) is 1.25. The summed E-state index contributed by atoms with van der Waals surface area (Å²) in [5.74, 6) is 0.0480. The van der Waals surface area contributed by atoms with Gasteiger partial charge in [0.25, 0.3) is 5.91 Å². The van der Waals surface area contributed by atoms with Gasteiger partial charge in [-0.1, -0.05) is 37.6 Å². The minimum atomic E-state index is -0.356. The third-order valence-electron chi connectivity index (χ3n) is 3.00. The van der Waals surface area contributed by atoms with Crippen LogP contribution in [0.25, 0.3) is 0 Å². The van der Waals surface area contributed by atoms with Gasteiger partial charge in [-0.2, -0.15) is 0 Å². The van der Waals surface area contributed by atoms with Crippen molar-refractivity contribution in [2.24, 2.45) is 0 Å². The molecule has 1 rings (SSSR count). The molecule has 0 heterocycles. The van der Waals surface area contributed by atoms with Gasteiger partial charge in [-0.25, -0.2) is 0 Å². The highest BCUT2D eigenvalue weighted by Crippen LogP contribution is 2.14. The van der Waals surface area contributed by atoms with Gasteiger partial charge in [0.2, 0.25) is 0 Å². The van der Waals surface area contributed by atoms with Crippen molar-refractivity contribution in [3.8, 4) is 0 Å². The van der Waals surface area contributed by atoms with Crippen LogP contribution >= 0.6 is 11.6 Å². The maximum absolute atomic E-state index is 12.4. The Morgan fingerprint density at radius 1 is 1.42 bits per heavy atom. The molecule has 19 heavy (non-hydrogen) atoms. The summed E-state index contributed by atoms with van der Waals surface area (Å²) in [6.45, 7) is 5.32. The van der Waals surface area contributed by atoms with Crippen LogP contribution in [0.1, 0.15) is 32.3 Å². The first-order valence-electron chi connectivity index (χ1n) is 6.68. The van der Waals surface area contributed by atoms with Crippen LogP contribution in [0.15, 0.2) is 24.3 Å². The summed E-state index contributed by atoms with van der Waals surface area (Å²) in [5.41, 5.74) is 1.04. The van der Waals surface area contributed by atoms with Crippen molar-refractivity contribution in [1.29, 1.82) is 0 Å². The van der Waals surface area contributed by atoms with Gasteiger partial charge >= 0.3 is 0 Å². The Morgan fingerprint density at radius 3 is 2.68 bits per heavy atom. The summed E-state index contributed by atoms with van der Waals surface area (Å²) in [7, 11) is 1.58. The third kappa shape index (κ3) is 4.84. The number of hydrogen-bond donors (Lipinski definition) is 0. The van der Waals surface area contributed by atoms with Crippen molar-refractivity contribution in [2.75, 3.05) is 13.7 Å². The molecule has 1 aromatic rings. The fourth-order valence-corrected chi connectivity index (χ4v) is 2.25. The van der Waals surface area contributed by atoms with Crippen LogP contribution in [0.4, 0.5) is 0 Å². The quantitative estimate of drug-likeness (QED) is 0.766. The number of benzene rings is 1. The van der Waals surface area contributed by atoms with Crippen LogP contribution in [0.3, 0.4) is 0 Å². The van der Waals surface area contributed by atoms with Crippen LogP contribution in [0.2, 0.25) is 5.02 Å². The molecular weight excluding hydrogens is 262 g/mol. The molecule has 0 aromatic heterocycles. The van der Waals surface area contributed by atoms with Gasteiger partial charge in [0.05, 0.1) is 0 Å². The molecule has 3 nitrogen and oxygen atoms in total. The van der Waals surface area contributed by atoms with Gasteiger partial charge in [-0.15, -0.1) is 0 Å². The Hall–Kier alpha value is -1.06. The first-order valence-corrected chi connectivity index (χ1v) is 7.06. The van der Waals surface area contributed by atoms with Crippen LogP contribution in [-0.4, -0.2) is 30.6 Å². The third-order valence-corrected chi connectivity index (χ3v) is 3.23. The Balaban J connectivity index is 2.80. The summed E-state index contributed by atoms with van der Waals surface area (Å²) >= 11 is 5.97. The molecular formula is C15H22ClNO2. The first kappa shape index (κ1) is 16.0. The van der Waals surface area contributed by atoms with E-state index in [-0.39, 0.29) is 12.0 Å². The van der Waals surface area contributed by atoms with E-state index in [0.29, 0.717) is 18.0 Å². The maximum atomic E-state index is 12.4. The van der Waals surface area contributed by atoms with Crippen molar-refractivity contribution >= 4 is 17.5 Å². The highest BCUT2D eigenvalue weighted by molar-refractivity contribution is 6.30. The maximum Gasteiger partial charge on any atom is 0.251 e. The smallest absolute Gasteiger partial charge is 0.251 e. The Morgan fingerprint density at radius 2 is 2.16 bits per heavy atom. The number of carbonyl (C=O) groups excluding carboxylic acids is 1. The van der Waals surface area contributed by atoms with Gasteiger partial charge in [0, 0.05) is 25.2 Å².